The van der Waals surface area contributed by atoms with E-state index in [0.29, 0.717) is 5.56 Å². The number of aliphatic hydroxyl groups excluding tert-OH is 1. The van der Waals surface area contributed by atoms with Crippen LogP contribution in [-0.2, 0) is 37.8 Å². The van der Waals surface area contributed by atoms with Gasteiger partial charge in [-0.25, -0.2) is 0 Å². The van der Waals surface area contributed by atoms with Crippen LogP contribution in [0.3, 0.4) is 0 Å². The molecule has 53 heavy (non-hydrogen) atoms. The molecule has 6 aromatic carbocycles. The fourth-order valence-corrected chi connectivity index (χ4v) is 6.89. The van der Waals surface area contributed by atoms with Crippen molar-refractivity contribution in [3.05, 3.63) is 215 Å². The van der Waals surface area contributed by atoms with Gasteiger partial charge in [0.2, 0.25) is 0 Å². The first kappa shape index (κ1) is 36.0. The molecule has 7 heteroatoms. The second-order valence-corrected chi connectivity index (χ2v) is 13.0. The van der Waals surface area contributed by atoms with Crippen molar-refractivity contribution in [2.24, 2.45) is 0 Å². The lowest BCUT2D eigenvalue weighted by atomic mass is 9.80. The summed E-state index contributed by atoms with van der Waals surface area (Å²) in [6.07, 6.45) is -3.86. The highest BCUT2D eigenvalue weighted by Crippen LogP contribution is 2.41. The zero-order chi connectivity index (χ0) is 36.3. The first-order valence-corrected chi connectivity index (χ1v) is 17.9. The van der Waals surface area contributed by atoms with Crippen LogP contribution in [0.4, 0.5) is 0 Å². The highest BCUT2D eigenvalue weighted by molar-refractivity contribution is 5.94. The van der Waals surface area contributed by atoms with Crippen molar-refractivity contribution in [1.29, 1.82) is 0 Å². The van der Waals surface area contributed by atoms with Crippen molar-refractivity contribution in [3.63, 3.8) is 0 Å². The lowest BCUT2D eigenvalue weighted by Gasteiger charge is -2.37. The van der Waals surface area contributed by atoms with Gasteiger partial charge in [-0.05, 0) is 39.9 Å². The fraction of sp³-hybridized carbons (Fsp3) is 0.196. The number of hydrogen-bond donors (Lipinski definition) is 2. The molecule has 0 saturated carbocycles. The van der Waals surface area contributed by atoms with Gasteiger partial charge >= 0.3 is 0 Å². The summed E-state index contributed by atoms with van der Waals surface area (Å²) in [5.41, 5.74) is 4.03. The highest BCUT2D eigenvalue weighted by Gasteiger charge is 2.51. The maximum atomic E-state index is 13.7. The van der Waals surface area contributed by atoms with E-state index in [1.165, 1.54) is 0 Å². The molecule has 7 nitrogen and oxygen atoms in total. The molecule has 1 aliphatic heterocycles. The summed E-state index contributed by atoms with van der Waals surface area (Å²) in [5, 5.41) is 15.3. The van der Waals surface area contributed by atoms with Gasteiger partial charge in [0, 0.05) is 5.56 Å². The Morgan fingerprint density at radius 3 is 1.49 bits per heavy atom. The van der Waals surface area contributed by atoms with Gasteiger partial charge in [-0.15, -0.1) is 0 Å². The largest absolute Gasteiger partial charge is 0.388 e. The maximum Gasteiger partial charge on any atom is 0.251 e. The predicted molar refractivity (Wildman–Crippen MR) is 204 cm³/mol. The maximum absolute atomic E-state index is 13.7. The van der Waals surface area contributed by atoms with Crippen molar-refractivity contribution in [3.8, 4) is 0 Å². The minimum atomic E-state index is -1.19. The van der Waals surface area contributed by atoms with Crippen molar-refractivity contribution in [1.82, 2.24) is 5.32 Å². The number of carbonyl (C=O) groups is 1. The van der Waals surface area contributed by atoms with Crippen LogP contribution >= 0.6 is 0 Å². The minimum Gasteiger partial charge on any atom is -0.388 e. The van der Waals surface area contributed by atoms with Gasteiger partial charge in [-0.1, -0.05) is 170 Å². The Hall–Kier alpha value is -5.41. The topological polar surface area (TPSA) is 86.3 Å². The Morgan fingerprint density at radius 2 is 1.02 bits per heavy atom. The van der Waals surface area contributed by atoms with Crippen LogP contribution in [0, 0.1) is 0 Å². The molecule has 1 heterocycles. The monoisotopic (exact) mass is 705 g/mol. The summed E-state index contributed by atoms with van der Waals surface area (Å²) in [6.45, 7) is 0.330. The Bertz CT molecular complexity index is 1880. The third-order valence-electron chi connectivity index (χ3n) is 9.53. The number of rotatable bonds is 15. The van der Waals surface area contributed by atoms with Gasteiger partial charge < -0.3 is 29.4 Å². The number of amides is 1. The molecule has 6 aromatic rings. The van der Waals surface area contributed by atoms with E-state index in [9.17, 15) is 9.90 Å². The normalized spacial score (nSPS) is 19.0. The van der Waals surface area contributed by atoms with Gasteiger partial charge in [0.15, 0.2) is 6.29 Å². The van der Waals surface area contributed by atoms with Crippen LogP contribution in [0.2, 0.25) is 0 Å². The summed E-state index contributed by atoms with van der Waals surface area (Å²) in [7, 11) is 0. The zero-order valence-corrected chi connectivity index (χ0v) is 29.3. The molecule has 7 rings (SSSR count). The van der Waals surface area contributed by atoms with Crippen molar-refractivity contribution in [2.75, 3.05) is 6.61 Å². The van der Waals surface area contributed by atoms with Crippen LogP contribution in [0.15, 0.2) is 182 Å². The lowest BCUT2D eigenvalue weighted by Crippen LogP contribution is -2.51. The van der Waals surface area contributed by atoms with E-state index in [-0.39, 0.29) is 25.7 Å². The summed E-state index contributed by atoms with van der Waals surface area (Å²) in [4.78, 5) is 13.7. The molecule has 0 aromatic heterocycles. The highest BCUT2D eigenvalue weighted by atomic mass is 16.7. The molecule has 5 atom stereocenters. The molecule has 0 spiro atoms. The molecular formula is C46H43NO6. The smallest absolute Gasteiger partial charge is 0.251 e. The van der Waals surface area contributed by atoms with Gasteiger partial charge in [0.1, 0.15) is 30.0 Å². The predicted octanol–water partition coefficient (Wildman–Crippen LogP) is 7.68. The second kappa shape index (κ2) is 17.4. The van der Waals surface area contributed by atoms with E-state index in [1.807, 2.05) is 170 Å². The third kappa shape index (κ3) is 8.47. The summed E-state index contributed by atoms with van der Waals surface area (Å²) >= 11 is 0. The molecule has 268 valence electrons. The molecule has 1 saturated heterocycles. The van der Waals surface area contributed by atoms with Crippen LogP contribution in [0.25, 0.3) is 0 Å². The number of hydrogen-bond acceptors (Lipinski definition) is 6. The Morgan fingerprint density at radius 1 is 0.604 bits per heavy atom. The molecule has 0 bridgehead atoms. The number of carbonyl (C=O) groups excluding carboxylic acids is 1. The number of benzene rings is 6. The number of ether oxygens (including phenoxy) is 4. The van der Waals surface area contributed by atoms with Crippen molar-refractivity contribution in [2.45, 2.75) is 49.5 Å². The Labute approximate surface area is 310 Å². The number of aliphatic hydroxyl groups is 1. The average molecular weight is 706 g/mol. The first-order valence-electron chi connectivity index (χ1n) is 17.9. The van der Waals surface area contributed by atoms with E-state index < -0.39 is 36.2 Å². The third-order valence-corrected chi connectivity index (χ3v) is 9.53. The zero-order valence-electron chi connectivity index (χ0n) is 29.3. The molecule has 1 fully saturated rings. The van der Waals surface area contributed by atoms with E-state index in [4.69, 9.17) is 18.9 Å². The quantitative estimate of drug-likeness (QED) is 0.107. The minimum absolute atomic E-state index is 0.126. The molecule has 0 aliphatic carbocycles. The van der Waals surface area contributed by atoms with Crippen LogP contribution in [0.1, 0.15) is 38.2 Å². The van der Waals surface area contributed by atoms with Crippen LogP contribution in [0.5, 0.6) is 0 Å². The van der Waals surface area contributed by atoms with Crippen molar-refractivity contribution < 1.29 is 28.8 Å². The van der Waals surface area contributed by atoms with Gasteiger partial charge in [0.25, 0.3) is 5.91 Å². The Kier molecular flexibility index (Phi) is 11.8. The number of nitrogens with one attached hydrogen (secondary N) is 1. The fourth-order valence-electron chi connectivity index (χ4n) is 6.89. The first-order chi connectivity index (χ1) is 26.1. The van der Waals surface area contributed by atoms with Gasteiger partial charge in [-0.3, -0.25) is 4.79 Å². The summed E-state index contributed by atoms with van der Waals surface area (Å²) < 4.78 is 26.6. The molecule has 1 amide bonds. The second-order valence-electron chi connectivity index (χ2n) is 13.0. The lowest BCUT2D eigenvalue weighted by molar-refractivity contribution is -0.180. The molecule has 1 aliphatic rings. The van der Waals surface area contributed by atoms with E-state index in [0.717, 1.165) is 27.8 Å². The summed E-state index contributed by atoms with van der Waals surface area (Å²) in [6, 6.07) is 57.8. The average Bonchev–Trinajstić information content (AvgIpc) is 3.58. The van der Waals surface area contributed by atoms with Gasteiger partial charge in [0.05, 0.1) is 19.8 Å². The van der Waals surface area contributed by atoms with Crippen LogP contribution in [-0.4, -0.2) is 48.3 Å². The molecule has 0 radical (unpaired) electrons. The molecule has 5 unspecified atom stereocenters. The summed E-state index contributed by atoms with van der Waals surface area (Å²) in [5.74, 6) is -0.302. The van der Waals surface area contributed by atoms with Crippen molar-refractivity contribution >= 4 is 5.91 Å². The van der Waals surface area contributed by atoms with E-state index in [2.05, 4.69) is 5.32 Å². The van der Waals surface area contributed by atoms with E-state index in [1.54, 1.807) is 12.1 Å². The van der Waals surface area contributed by atoms with E-state index >= 15 is 0 Å². The van der Waals surface area contributed by atoms with Crippen LogP contribution < -0.4 is 5.32 Å². The van der Waals surface area contributed by atoms with Gasteiger partial charge in [-0.2, -0.15) is 0 Å². The molecular weight excluding hydrogens is 663 g/mol. The molecule has 2 N–H and O–H groups in total. The SMILES string of the molecule is O=C(NC1C(OCc2ccccc2)OC(C(O)COC(c2ccccc2)(c2ccccc2)c2ccccc2)C1OCc1ccccc1)c1ccccc1. The Balaban J connectivity index is 1.22. The standard InChI is InChI=1S/C46H43NO6/c48-40(33-52-46(37-25-13-4-14-26-37,38-27-15-5-16-28-38)39-29-17-6-18-30-39)42-43(50-31-34-19-7-1-8-20-34)41(47-44(49)36-23-11-3-12-24-36)45(53-42)51-32-35-21-9-2-10-22-35/h1-30,40-43,45,48H,31-33H2,(H,47,49).